The molecule has 3 rings (SSSR count). The van der Waals surface area contributed by atoms with Crippen molar-refractivity contribution in [3.05, 3.63) is 47.8 Å². The molecule has 2 amide bonds. The molecule has 7 heteroatoms. The first-order chi connectivity index (χ1) is 13.5. The van der Waals surface area contributed by atoms with E-state index >= 15 is 0 Å². The Balaban J connectivity index is 1.75. The number of ether oxygens (including phenoxy) is 2. The van der Waals surface area contributed by atoms with Crippen molar-refractivity contribution >= 4 is 17.5 Å². The average molecular weight is 383 g/mol. The molecule has 0 aliphatic carbocycles. The number of aromatic nitrogens is 1. The minimum absolute atomic E-state index is 0.0870. The SMILES string of the molecule is COc1ccc(NC(=O)c2cncc(C(=O)N3CCC(C)CC3)c2)c(OC)c1. The molecule has 1 aromatic carbocycles. The van der Waals surface area contributed by atoms with Crippen LogP contribution in [0.2, 0.25) is 0 Å². The predicted octanol–water partition coefficient (Wildman–Crippen LogP) is 3.22. The van der Waals surface area contributed by atoms with Gasteiger partial charge in [0.05, 0.1) is 31.0 Å². The normalized spacial score (nSPS) is 14.5. The van der Waals surface area contributed by atoms with E-state index < -0.39 is 0 Å². The number of likely N-dealkylation sites (tertiary alicyclic amines) is 1. The summed E-state index contributed by atoms with van der Waals surface area (Å²) in [6.45, 7) is 3.67. The number of methoxy groups -OCH3 is 2. The van der Waals surface area contributed by atoms with E-state index in [1.165, 1.54) is 19.5 Å². The van der Waals surface area contributed by atoms with Crippen molar-refractivity contribution in [1.29, 1.82) is 0 Å². The topological polar surface area (TPSA) is 80.8 Å². The molecule has 1 fully saturated rings. The number of rotatable bonds is 5. The summed E-state index contributed by atoms with van der Waals surface area (Å²) >= 11 is 0. The fourth-order valence-corrected chi connectivity index (χ4v) is 3.17. The first kappa shape index (κ1) is 19.7. The van der Waals surface area contributed by atoms with E-state index in [1.807, 2.05) is 4.90 Å². The third kappa shape index (κ3) is 4.42. The van der Waals surface area contributed by atoms with Gasteiger partial charge in [-0.05, 0) is 37.0 Å². The molecule has 28 heavy (non-hydrogen) atoms. The molecular formula is C21H25N3O4. The minimum atomic E-state index is -0.363. The number of carbonyl (C=O) groups excluding carboxylic acids is 2. The Kier molecular flexibility index (Phi) is 6.13. The molecule has 0 radical (unpaired) electrons. The standard InChI is InChI=1S/C21H25N3O4/c1-14-6-8-24(9-7-14)21(26)16-10-15(12-22-13-16)20(25)23-18-5-4-17(27-2)11-19(18)28-3/h4-5,10-14H,6-9H2,1-3H3,(H,23,25). The maximum Gasteiger partial charge on any atom is 0.257 e. The van der Waals surface area contributed by atoms with Crippen molar-refractivity contribution in [2.24, 2.45) is 5.92 Å². The van der Waals surface area contributed by atoms with Gasteiger partial charge in [-0.1, -0.05) is 6.92 Å². The fourth-order valence-electron chi connectivity index (χ4n) is 3.17. The van der Waals surface area contributed by atoms with Crippen molar-refractivity contribution in [3.63, 3.8) is 0 Å². The summed E-state index contributed by atoms with van der Waals surface area (Å²) < 4.78 is 10.5. The van der Waals surface area contributed by atoms with Gasteiger partial charge in [-0.15, -0.1) is 0 Å². The first-order valence-corrected chi connectivity index (χ1v) is 9.29. The van der Waals surface area contributed by atoms with Crippen LogP contribution in [0.1, 0.15) is 40.5 Å². The maximum absolute atomic E-state index is 12.7. The van der Waals surface area contributed by atoms with Gasteiger partial charge >= 0.3 is 0 Å². The Morgan fingerprint density at radius 1 is 1.07 bits per heavy atom. The zero-order valence-electron chi connectivity index (χ0n) is 16.4. The van der Waals surface area contributed by atoms with Gasteiger partial charge in [-0.25, -0.2) is 0 Å². The number of amides is 2. The largest absolute Gasteiger partial charge is 0.497 e. The number of carbonyl (C=O) groups is 2. The third-order valence-corrected chi connectivity index (χ3v) is 4.98. The maximum atomic E-state index is 12.7. The summed E-state index contributed by atoms with van der Waals surface area (Å²) in [5.74, 6) is 1.29. The Morgan fingerprint density at radius 3 is 2.46 bits per heavy atom. The molecule has 7 nitrogen and oxygen atoms in total. The Bertz CT molecular complexity index is 860. The Morgan fingerprint density at radius 2 is 1.79 bits per heavy atom. The molecule has 0 unspecified atom stereocenters. The molecule has 1 N–H and O–H groups in total. The average Bonchev–Trinajstić information content (AvgIpc) is 2.74. The van der Waals surface area contributed by atoms with Gasteiger partial charge in [0.2, 0.25) is 0 Å². The van der Waals surface area contributed by atoms with Crippen LogP contribution < -0.4 is 14.8 Å². The van der Waals surface area contributed by atoms with E-state index in [2.05, 4.69) is 17.2 Å². The van der Waals surface area contributed by atoms with Gasteiger partial charge in [-0.2, -0.15) is 0 Å². The zero-order chi connectivity index (χ0) is 20.1. The van der Waals surface area contributed by atoms with Gasteiger partial charge in [0.15, 0.2) is 0 Å². The molecule has 1 aliphatic heterocycles. The van der Waals surface area contributed by atoms with Crippen LogP contribution in [-0.4, -0.2) is 49.0 Å². The second-order valence-electron chi connectivity index (χ2n) is 6.96. The van der Waals surface area contributed by atoms with Crippen molar-refractivity contribution in [2.75, 3.05) is 32.6 Å². The van der Waals surface area contributed by atoms with E-state index in [9.17, 15) is 9.59 Å². The number of piperidine rings is 1. The second-order valence-corrected chi connectivity index (χ2v) is 6.96. The van der Waals surface area contributed by atoms with Gasteiger partial charge in [0, 0.05) is 31.5 Å². The van der Waals surface area contributed by atoms with E-state index in [1.54, 1.807) is 31.4 Å². The summed E-state index contributed by atoms with van der Waals surface area (Å²) in [6.07, 6.45) is 4.94. The molecule has 0 bridgehead atoms. The van der Waals surface area contributed by atoms with E-state index in [0.29, 0.717) is 34.2 Å². The lowest BCUT2D eigenvalue weighted by atomic mass is 9.98. The number of benzene rings is 1. The highest BCUT2D eigenvalue weighted by Gasteiger charge is 2.22. The van der Waals surface area contributed by atoms with Crippen LogP contribution in [-0.2, 0) is 0 Å². The number of nitrogens with zero attached hydrogens (tertiary/aromatic N) is 2. The van der Waals surface area contributed by atoms with Crippen LogP contribution >= 0.6 is 0 Å². The molecule has 0 saturated carbocycles. The van der Waals surface area contributed by atoms with E-state index in [4.69, 9.17) is 9.47 Å². The number of nitrogens with one attached hydrogen (secondary N) is 1. The van der Waals surface area contributed by atoms with Crippen LogP contribution in [0.15, 0.2) is 36.7 Å². The number of pyridine rings is 1. The zero-order valence-corrected chi connectivity index (χ0v) is 16.4. The van der Waals surface area contributed by atoms with Gasteiger partial charge < -0.3 is 19.7 Å². The molecule has 1 saturated heterocycles. The monoisotopic (exact) mass is 383 g/mol. The van der Waals surface area contributed by atoms with Crippen molar-refractivity contribution in [2.45, 2.75) is 19.8 Å². The second kappa shape index (κ2) is 8.73. The van der Waals surface area contributed by atoms with E-state index in [0.717, 1.165) is 25.9 Å². The highest BCUT2D eigenvalue weighted by molar-refractivity contribution is 6.06. The minimum Gasteiger partial charge on any atom is -0.497 e. The van der Waals surface area contributed by atoms with Crippen LogP contribution in [0.5, 0.6) is 11.5 Å². The molecular weight excluding hydrogens is 358 g/mol. The molecule has 1 aromatic heterocycles. The Labute approximate surface area is 164 Å². The molecule has 148 valence electrons. The van der Waals surface area contributed by atoms with Crippen molar-refractivity contribution in [3.8, 4) is 11.5 Å². The first-order valence-electron chi connectivity index (χ1n) is 9.29. The third-order valence-electron chi connectivity index (χ3n) is 4.98. The van der Waals surface area contributed by atoms with Crippen LogP contribution in [0.4, 0.5) is 5.69 Å². The summed E-state index contributed by atoms with van der Waals surface area (Å²) in [7, 11) is 3.08. The lowest BCUT2D eigenvalue weighted by Gasteiger charge is -2.30. The van der Waals surface area contributed by atoms with Gasteiger partial charge in [-0.3, -0.25) is 14.6 Å². The van der Waals surface area contributed by atoms with E-state index in [-0.39, 0.29) is 11.8 Å². The fraction of sp³-hybridized carbons (Fsp3) is 0.381. The summed E-state index contributed by atoms with van der Waals surface area (Å²) in [5, 5.41) is 2.80. The van der Waals surface area contributed by atoms with Gasteiger partial charge in [0.1, 0.15) is 11.5 Å². The van der Waals surface area contributed by atoms with Crippen molar-refractivity contribution in [1.82, 2.24) is 9.88 Å². The predicted molar refractivity (Wildman–Crippen MR) is 106 cm³/mol. The smallest absolute Gasteiger partial charge is 0.257 e. The summed E-state index contributed by atoms with van der Waals surface area (Å²) in [4.78, 5) is 31.3. The lowest BCUT2D eigenvalue weighted by Crippen LogP contribution is -2.38. The number of hydrogen-bond donors (Lipinski definition) is 1. The molecule has 2 heterocycles. The number of hydrogen-bond acceptors (Lipinski definition) is 5. The van der Waals surface area contributed by atoms with Gasteiger partial charge in [0.25, 0.3) is 11.8 Å². The quantitative estimate of drug-likeness (QED) is 0.857. The lowest BCUT2D eigenvalue weighted by molar-refractivity contribution is 0.0697. The molecule has 0 spiro atoms. The Hall–Kier alpha value is -3.09. The molecule has 0 atom stereocenters. The highest BCUT2D eigenvalue weighted by atomic mass is 16.5. The van der Waals surface area contributed by atoms with Crippen LogP contribution in [0.3, 0.4) is 0 Å². The highest BCUT2D eigenvalue weighted by Crippen LogP contribution is 2.29. The van der Waals surface area contributed by atoms with Crippen LogP contribution in [0, 0.1) is 5.92 Å². The van der Waals surface area contributed by atoms with Crippen molar-refractivity contribution < 1.29 is 19.1 Å². The number of anilines is 1. The molecule has 2 aromatic rings. The van der Waals surface area contributed by atoms with Crippen LogP contribution in [0.25, 0.3) is 0 Å². The summed E-state index contributed by atoms with van der Waals surface area (Å²) in [5.41, 5.74) is 1.24. The molecule has 1 aliphatic rings. The summed E-state index contributed by atoms with van der Waals surface area (Å²) in [6, 6.07) is 6.70.